The lowest BCUT2D eigenvalue weighted by Crippen LogP contribution is -2.08. The minimum Gasteiger partial charge on any atom is -0.229 e. The molecule has 0 aromatic carbocycles. The smallest absolute Gasteiger partial charge is 0.150 e. The van der Waals surface area contributed by atoms with Gasteiger partial charge in [0, 0.05) is 5.75 Å². The number of unbranched alkanes of at least 4 members (excludes halogenated alkanes) is 3. The first-order valence-electron chi connectivity index (χ1n) is 4.43. The first-order valence-corrected chi connectivity index (χ1v) is 6.26. The maximum Gasteiger partial charge on any atom is 0.150 e. The quantitative estimate of drug-likeness (QED) is 0.455. The highest BCUT2D eigenvalue weighted by Gasteiger charge is 2.05. The van der Waals surface area contributed by atoms with E-state index in [1.807, 2.05) is 6.08 Å². The summed E-state index contributed by atoms with van der Waals surface area (Å²) >= 11 is 0. The maximum absolute atomic E-state index is 11.0. The van der Waals surface area contributed by atoms with Crippen molar-refractivity contribution in [2.45, 2.75) is 32.6 Å². The molecule has 0 saturated heterocycles. The molecule has 0 spiro atoms. The molecule has 0 bridgehead atoms. The summed E-state index contributed by atoms with van der Waals surface area (Å²) < 4.78 is 22.0. The third-order valence-electron chi connectivity index (χ3n) is 1.80. The fourth-order valence-corrected chi connectivity index (χ4v) is 1.86. The Morgan fingerprint density at radius 1 is 1.25 bits per heavy atom. The van der Waals surface area contributed by atoms with Gasteiger partial charge < -0.3 is 0 Å². The van der Waals surface area contributed by atoms with Crippen LogP contribution in [-0.4, -0.2) is 19.9 Å². The molecule has 0 aliphatic rings. The third-order valence-corrected chi connectivity index (χ3v) is 3.59. The summed E-state index contributed by atoms with van der Waals surface area (Å²) in [5, 5.41) is 0. The molecule has 0 aromatic heterocycles. The fraction of sp³-hybridized carbons (Fsp3) is 0.778. The Balaban J connectivity index is 3.37. The van der Waals surface area contributed by atoms with Gasteiger partial charge in [-0.15, -0.1) is 6.58 Å². The number of hydrogen-bond donors (Lipinski definition) is 0. The van der Waals surface area contributed by atoms with Gasteiger partial charge >= 0.3 is 0 Å². The number of allylic oxidation sites excluding steroid dienone is 1. The van der Waals surface area contributed by atoms with Crippen molar-refractivity contribution >= 4 is 9.84 Å². The molecule has 0 amide bonds. The summed E-state index contributed by atoms with van der Waals surface area (Å²) in [5.41, 5.74) is 0. The number of rotatable bonds is 7. The van der Waals surface area contributed by atoms with Crippen molar-refractivity contribution in [3.8, 4) is 0 Å². The van der Waals surface area contributed by atoms with E-state index in [0.717, 1.165) is 25.7 Å². The van der Waals surface area contributed by atoms with Crippen LogP contribution >= 0.6 is 0 Å². The zero-order valence-corrected chi connectivity index (χ0v) is 8.57. The predicted molar refractivity (Wildman–Crippen MR) is 53.0 cm³/mol. The Kier molecular flexibility index (Phi) is 6.07. The van der Waals surface area contributed by atoms with Gasteiger partial charge in [0.15, 0.2) is 0 Å². The number of sulfone groups is 1. The SMILES string of the molecule is C=CCCCCCS(=O)(=O)CC. The van der Waals surface area contributed by atoms with Crippen molar-refractivity contribution in [1.82, 2.24) is 0 Å². The van der Waals surface area contributed by atoms with Crippen molar-refractivity contribution < 1.29 is 8.42 Å². The fourth-order valence-electron chi connectivity index (χ4n) is 0.932. The minimum absolute atomic E-state index is 0.272. The molecule has 0 fully saturated rings. The summed E-state index contributed by atoms with van der Waals surface area (Å²) in [6, 6.07) is 0. The van der Waals surface area contributed by atoms with E-state index in [2.05, 4.69) is 6.58 Å². The van der Waals surface area contributed by atoms with Crippen LogP contribution in [0.4, 0.5) is 0 Å². The Morgan fingerprint density at radius 2 is 1.92 bits per heavy atom. The second-order valence-corrected chi connectivity index (χ2v) is 5.35. The van der Waals surface area contributed by atoms with Gasteiger partial charge in [0.1, 0.15) is 9.84 Å². The molecule has 0 saturated carbocycles. The molecule has 0 unspecified atom stereocenters. The zero-order chi connectivity index (χ0) is 9.45. The van der Waals surface area contributed by atoms with Crippen LogP contribution < -0.4 is 0 Å². The van der Waals surface area contributed by atoms with Crippen LogP contribution in [0.3, 0.4) is 0 Å². The van der Waals surface area contributed by atoms with Gasteiger partial charge in [0.25, 0.3) is 0 Å². The molecule has 0 aromatic rings. The Morgan fingerprint density at radius 3 is 2.42 bits per heavy atom. The van der Waals surface area contributed by atoms with Gasteiger partial charge in [-0.25, -0.2) is 8.42 Å². The maximum atomic E-state index is 11.0. The normalized spacial score (nSPS) is 11.4. The Labute approximate surface area is 75.6 Å². The summed E-state index contributed by atoms with van der Waals surface area (Å²) in [4.78, 5) is 0. The van der Waals surface area contributed by atoms with Crippen LogP contribution in [0.25, 0.3) is 0 Å². The molecular formula is C9H18O2S. The van der Waals surface area contributed by atoms with Gasteiger partial charge in [-0.1, -0.05) is 19.4 Å². The van der Waals surface area contributed by atoms with E-state index in [1.54, 1.807) is 6.92 Å². The molecular weight excluding hydrogens is 172 g/mol. The van der Waals surface area contributed by atoms with Crippen LogP contribution in [0.5, 0.6) is 0 Å². The molecule has 3 heteroatoms. The van der Waals surface area contributed by atoms with Crippen LogP contribution in [0.15, 0.2) is 12.7 Å². The van der Waals surface area contributed by atoms with Gasteiger partial charge in [-0.2, -0.15) is 0 Å². The first kappa shape index (κ1) is 11.7. The molecule has 0 radical (unpaired) electrons. The zero-order valence-electron chi connectivity index (χ0n) is 7.75. The topological polar surface area (TPSA) is 34.1 Å². The largest absolute Gasteiger partial charge is 0.229 e. The van der Waals surface area contributed by atoms with Crippen molar-refractivity contribution in [3.63, 3.8) is 0 Å². The van der Waals surface area contributed by atoms with E-state index in [-0.39, 0.29) is 5.75 Å². The average molecular weight is 190 g/mol. The predicted octanol–water partition coefficient (Wildman–Crippen LogP) is 2.17. The Hall–Kier alpha value is -0.310. The molecule has 0 aliphatic heterocycles. The standard InChI is InChI=1S/C9H18O2S/c1-3-5-6-7-8-9-12(10,11)4-2/h3H,1,4-9H2,2H3. The minimum atomic E-state index is -2.73. The van der Waals surface area contributed by atoms with Crippen molar-refractivity contribution in [2.24, 2.45) is 0 Å². The van der Waals surface area contributed by atoms with Crippen LogP contribution in [0, 0.1) is 0 Å². The molecule has 72 valence electrons. The lowest BCUT2D eigenvalue weighted by molar-refractivity contribution is 0.591. The molecule has 0 N–H and O–H groups in total. The van der Waals surface area contributed by atoms with E-state index < -0.39 is 9.84 Å². The van der Waals surface area contributed by atoms with Gasteiger partial charge in [0.2, 0.25) is 0 Å². The molecule has 0 aliphatic carbocycles. The third kappa shape index (κ3) is 6.40. The van der Waals surface area contributed by atoms with Crippen molar-refractivity contribution in [1.29, 1.82) is 0 Å². The highest BCUT2D eigenvalue weighted by molar-refractivity contribution is 7.91. The summed E-state index contributed by atoms with van der Waals surface area (Å²) in [6.45, 7) is 5.30. The molecule has 0 heterocycles. The molecule has 2 nitrogen and oxygen atoms in total. The molecule has 12 heavy (non-hydrogen) atoms. The Bertz CT molecular complexity index is 205. The van der Waals surface area contributed by atoms with Crippen molar-refractivity contribution in [2.75, 3.05) is 11.5 Å². The van der Waals surface area contributed by atoms with E-state index in [9.17, 15) is 8.42 Å². The lowest BCUT2D eigenvalue weighted by atomic mass is 10.2. The van der Waals surface area contributed by atoms with Crippen LogP contribution in [0.1, 0.15) is 32.6 Å². The monoisotopic (exact) mass is 190 g/mol. The molecule has 0 atom stereocenters. The van der Waals surface area contributed by atoms with Crippen LogP contribution in [0.2, 0.25) is 0 Å². The summed E-state index contributed by atoms with van der Waals surface area (Å²) in [7, 11) is -2.73. The molecule has 0 rings (SSSR count). The van der Waals surface area contributed by atoms with E-state index in [4.69, 9.17) is 0 Å². The first-order chi connectivity index (χ1) is 5.62. The summed E-state index contributed by atoms with van der Waals surface area (Å²) in [5.74, 6) is 0.620. The highest BCUT2D eigenvalue weighted by Crippen LogP contribution is 2.03. The van der Waals surface area contributed by atoms with E-state index in [0.29, 0.717) is 5.75 Å². The van der Waals surface area contributed by atoms with Gasteiger partial charge in [-0.05, 0) is 19.3 Å². The second kappa shape index (κ2) is 6.23. The lowest BCUT2D eigenvalue weighted by Gasteiger charge is -1.99. The van der Waals surface area contributed by atoms with Crippen LogP contribution in [-0.2, 0) is 9.84 Å². The highest BCUT2D eigenvalue weighted by atomic mass is 32.2. The van der Waals surface area contributed by atoms with Gasteiger partial charge in [-0.3, -0.25) is 0 Å². The number of hydrogen-bond acceptors (Lipinski definition) is 2. The van der Waals surface area contributed by atoms with Crippen molar-refractivity contribution in [3.05, 3.63) is 12.7 Å². The van der Waals surface area contributed by atoms with Gasteiger partial charge in [0.05, 0.1) is 5.75 Å². The summed E-state index contributed by atoms with van der Waals surface area (Å²) in [6.07, 6.45) is 5.71. The second-order valence-electron chi connectivity index (χ2n) is 2.87. The van der Waals surface area contributed by atoms with E-state index in [1.165, 1.54) is 0 Å². The average Bonchev–Trinajstić information content (AvgIpc) is 2.04. The van der Waals surface area contributed by atoms with E-state index >= 15 is 0 Å².